The zero-order valence-corrected chi connectivity index (χ0v) is 52.5. The van der Waals surface area contributed by atoms with Crippen LogP contribution in [0.25, 0.3) is 0 Å². The van der Waals surface area contributed by atoms with E-state index in [2.05, 4.69) is 69.4 Å². The maximum Gasteiger partial charge on any atom is 0.306 e. The van der Waals surface area contributed by atoms with Gasteiger partial charge in [0.05, 0.1) is 0 Å². The van der Waals surface area contributed by atoms with Crippen LogP contribution in [0.5, 0.6) is 0 Å². The molecule has 0 aromatic heterocycles. The van der Waals surface area contributed by atoms with E-state index in [0.717, 1.165) is 83.5 Å². The molecule has 0 aliphatic rings. The zero-order chi connectivity index (χ0) is 56.4. The van der Waals surface area contributed by atoms with Gasteiger partial charge in [-0.25, -0.2) is 0 Å². The largest absolute Gasteiger partial charge is 0.462 e. The van der Waals surface area contributed by atoms with E-state index in [1.165, 1.54) is 250 Å². The van der Waals surface area contributed by atoms with E-state index in [0.29, 0.717) is 19.3 Å². The van der Waals surface area contributed by atoms with Crippen LogP contribution in [0, 0.1) is 0 Å². The van der Waals surface area contributed by atoms with Gasteiger partial charge in [-0.2, -0.15) is 0 Å². The van der Waals surface area contributed by atoms with Crippen molar-refractivity contribution in [3.05, 3.63) is 48.6 Å². The standard InChI is InChI=1S/C72H132O6/c1-4-7-10-13-16-18-20-22-24-26-28-30-32-34-36-38-39-41-43-45-47-49-51-53-56-59-62-65-71(74)77-68-69(67-76-70(73)64-61-58-55-15-12-9-6-3)78-72(75)66-63-60-57-54-52-50-48-46-44-42-40-37-35-33-31-29-27-25-23-21-19-17-14-11-8-5-2/h7,10,16,18,22,24,28,30,69H,4-6,8-9,11-15,17,19-21,23,25-27,29,31-68H2,1-3H3/b10-7-,18-16-,24-22-,30-28-. The summed E-state index contributed by atoms with van der Waals surface area (Å²) in [5.41, 5.74) is 0. The summed E-state index contributed by atoms with van der Waals surface area (Å²) in [7, 11) is 0. The molecule has 1 unspecified atom stereocenters. The number of carbonyl (C=O) groups is 3. The Morgan fingerprint density at radius 2 is 0.500 bits per heavy atom. The number of hydrogen-bond donors (Lipinski definition) is 0. The summed E-state index contributed by atoms with van der Waals surface area (Å²) in [6.45, 7) is 6.55. The second-order valence-electron chi connectivity index (χ2n) is 23.4. The van der Waals surface area contributed by atoms with E-state index in [1.807, 2.05) is 0 Å². The van der Waals surface area contributed by atoms with Crippen LogP contribution in [-0.4, -0.2) is 37.2 Å². The van der Waals surface area contributed by atoms with Crippen molar-refractivity contribution in [2.75, 3.05) is 13.2 Å². The molecular formula is C72H132O6. The van der Waals surface area contributed by atoms with E-state index in [1.54, 1.807) is 0 Å². The highest BCUT2D eigenvalue weighted by molar-refractivity contribution is 5.71. The van der Waals surface area contributed by atoms with Gasteiger partial charge in [0, 0.05) is 19.3 Å². The Labute approximate surface area is 486 Å². The highest BCUT2D eigenvalue weighted by atomic mass is 16.6. The zero-order valence-electron chi connectivity index (χ0n) is 52.5. The lowest BCUT2D eigenvalue weighted by Gasteiger charge is -2.18. The lowest BCUT2D eigenvalue weighted by molar-refractivity contribution is -0.167. The van der Waals surface area contributed by atoms with Crippen molar-refractivity contribution in [3.63, 3.8) is 0 Å². The summed E-state index contributed by atoms with van der Waals surface area (Å²) in [6, 6.07) is 0. The predicted molar refractivity (Wildman–Crippen MR) is 339 cm³/mol. The smallest absolute Gasteiger partial charge is 0.306 e. The van der Waals surface area contributed by atoms with Gasteiger partial charge < -0.3 is 14.2 Å². The molecule has 0 aliphatic carbocycles. The fourth-order valence-corrected chi connectivity index (χ4v) is 10.4. The van der Waals surface area contributed by atoms with Crippen LogP contribution in [0.2, 0.25) is 0 Å². The number of rotatable bonds is 64. The van der Waals surface area contributed by atoms with Crippen molar-refractivity contribution in [1.82, 2.24) is 0 Å². The van der Waals surface area contributed by atoms with Gasteiger partial charge in [0.2, 0.25) is 0 Å². The number of hydrogen-bond acceptors (Lipinski definition) is 6. The van der Waals surface area contributed by atoms with Crippen molar-refractivity contribution in [3.8, 4) is 0 Å². The molecule has 0 aromatic carbocycles. The van der Waals surface area contributed by atoms with Gasteiger partial charge in [-0.15, -0.1) is 0 Å². The number of allylic oxidation sites excluding steroid dienone is 8. The topological polar surface area (TPSA) is 78.9 Å². The summed E-state index contributed by atoms with van der Waals surface area (Å²) in [4.78, 5) is 38.2. The molecule has 0 N–H and O–H groups in total. The fourth-order valence-electron chi connectivity index (χ4n) is 10.4. The van der Waals surface area contributed by atoms with Crippen LogP contribution < -0.4 is 0 Å². The molecule has 0 bridgehead atoms. The minimum absolute atomic E-state index is 0.0678. The Morgan fingerprint density at radius 3 is 0.782 bits per heavy atom. The number of unbranched alkanes of at least 4 members (excludes halogenated alkanes) is 45. The van der Waals surface area contributed by atoms with Gasteiger partial charge in [0.15, 0.2) is 6.10 Å². The van der Waals surface area contributed by atoms with E-state index in [4.69, 9.17) is 14.2 Å². The first-order valence-corrected chi connectivity index (χ1v) is 34.6. The molecule has 6 heteroatoms. The molecule has 0 fully saturated rings. The molecule has 78 heavy (non-hydrogen) atoms. The van der Waals surface area contributed by atoms with Gasteiger partial charge in [0.25, 0.3) is 0 Å². The Hall–Kier alpha value is -2.63. The van der Waals surface area contributed by atoms with E-state index < -0.39 is 6.10 Å². The molecule has 0 aliphatic heterocycles. The molecule has 0 amide bonds. The molecule has 0 aromatic rings. The Bertz CT molecular complexity index is 1350. The van der Waals surface area contributed by atoms with E-state index >= 15 is 0 Å². The quantitative estimate of drug-likeness (QED) is 0.0261. The van der Waals surface area contributed by atoms with Gasteiger partial charge in [-0.1, -0.05) is 345 Å². The van der Waals surface area contributed by atoms with Gasteiger partial charge in [-0.05, 0) is 57.8 Å². The molecule has 0 rings (SSSR count). The summed E-state index contributed by atoms with van der Waals surface area (Å²) in [5, 5.41) is 0. The molecule has 1 atom stereocenters. The third kappa shape index (κ3) is 64.2. The second-order valence-corrected chi connectivity index (χ2v) is 23.4. The van der Waals surface area contributed by atoms with Crippen molar-refractivity contribution >= 4 is 17.9 Å². The minimum Gasteiger partial charge on any atom is -0.462 e. The van der Waals surface area contributed by atoms with Crippen molar-refractivity contribution in [1.29, 1.82) is 0 Å². The van der Waals surface area contributed by atoms with Crippen molar-refractivity contribution in [2.24, 2.45) is 0 Å². The number of esters is 3. The fraction of sp³-hybridized carbons (Fsp3) is 0.847. The summed E-state index contributed by atoms with van der Waals surface area (Å²) in [5.74, 6) is -0.850. The highest BCUT2D eigenvalue weighted by Crippen LogP contribution is 2.19. The molecule has 0 saturated carbocycles. The maximum atomic E-state index is 12.9. The maximum absolute atomic E-state index is 12.9. The van der Waals surface area contributed by atoms with Crippen LogP contribution in [0.15, 0.2) is 48.6 Å². The molecule has 0 radical (unpaired) electrons. The molecule has 456 valence electrons. The molecule has 0 heterocycles. The summed E-state index contributed by atoms with van der Waals surface area (Å²) in [6.07, 6.45) is 84.6. The average Bonchev–Trinajstić information content (AvgIpc) is 3.44. The lowest BCUT2D eigenvalue weighted by Crippen LogP contribution is -2.30. The van der Waals surface area contributed by atoms with Crippen LogP contribution >= 0.6 is 0 Å². The Morgan fingerprint density at radius 1 is 0.269 bits per heavy atom. The second kappa shape index (κ2) is 66.9. The van der Waals surface area contributed by atoms with Gasteiger partial charge >= 0.3 is 17.9 Å². The van der Waals surface area contributed by atoms with Gasteiger partial charge in [-0.3, -0.25) is 14.4 Å². The van der Waals surface area contributed by atoms with Crippen molar-refractivity contribution < 1.29 is 28.6 Å². The average molecular weight is 1090 g/mol. The van der Waals surface area contributed by atoms with E-state index in [-0.39, 0.29) is 31.1 Å². The monoisotopic (exact) mass is 1090 g/mol. The molecular weight excluding hydrogens is 961 g/mol. The SMILES string of the molecule is CC/C=C\C/C=C\C/C=C\C/C=C\CCCCCCCCCCCCCCCCC(=O)OCC(COC(=O)CCCCCCCCC)OC(=O)CCCCCCCCCCCCCCCCCCCCCCCCCCCC. The lowest BCUT2D eigenvalue weighted by atomic mass is 10.0. The first-order valence-electron chi connectivity index (χ1n) is 34.6. The normalized spacial score (nSPS) is 12.3. The van der Waals surface area contributed by atoms with Crippen molar-refractivity contribution in [2.45, 2.75) is 380 Å². The Kier molecular flexibility index (Phi) is 64.6. The van der Waals surface area contributed by atoms with Crippen LogP contribution in [0.3, 0.4) is 0 Å². The molecule has 0 spiro atoms. The summed E-state index contributed by atoms with van der Waals surface area (Å²) < 4.78 is 16.9. The van der Waals surface area contributed by atoms with E-state index in [9.17, 15) is 14.4 Å². The number of carbonyl (C=O) groups excluding carboxylic acids is 3. The minimum atomic E-state index is -0.768. The molecule has 6 nitrogen and oxygen atoms in total. The van der Waals surface area contributed by atoms with Gasteiger partial charge in [0.1, 0.15) is 13.2 Å². The first kappa shape index (κ1) is 75.4. The number of ether oxygens (including phenoxy) is 3. The van der Waals surface area contributed by atoms with Crippen LogP contribution in [0.1, 0.15) is 374 Å². The first-order chi connectivity index (χ1) is 38.5. The Balaban J connectivity index is 4.04. The summed E-state index contributed by atoms with van der Waals surface area (Å²) >= 11 is 0. The van der Waals surface area contributed by atoms with Crippen LogP contribution in [0.4, 0.5) is 0 Å². The van der Waals surface area contributed by atoms with Crippen LogP contribution in [-0.2, 0) is 28.6 Å². The molecule has 0 saturated heterocycles. The third-order valence-corrected chi connectivity index (χ3v) is 15.6. The third-order valence-electron chi connectivity index (χ3n) is 15.6. The predicted octanol–water partition coefficient (Wildman–Crippen LogP) is 23.7. The highest BCUT2D eigenvalue weighted by Gasteiger charge is 2.19.